The van der Waals surface area contributed by atoms with E-state index in [1.54, 1.807) is 11.1 Å². The highest BCUT2D eigenvalue weighted by Crippen LogP contribution is 2.40. The van der Waals surface area contributed by atoms with E-state index in [0.29, 0.717) is 0 Å². The van der Waals surface area contributed by atoms with Crippen molar-refractivity contribution in [1.82, 2.24) is 10.2 Å². The second-order valence-corrected chi connectivity index (χ2v) is 9.06. The van der Waals surface area contributed by atoms with Crippen LogP contribution in [0.2, 0.25) is 0 Å². The van der Waals surface area contributed by atoms with Crippen LogP contribution >= 0.6 is 0 Å². The number of fused-ring (bicyclic) bond motifs is 6. The molecule has 1 heterocycles. The number of aromatic nitrogens is 2. The number of rotatable bonds is 4. The molecule has 0 fully saturated rings. The van der Waals surface area contributed by atoms with Crippen LogP contribution in [0, 0.1) is 0 Å². The molecule has 1 aromatic heterocycles. The van der Waals surface area contributed by atoms with Gasteiger partial charge >= 0.3 is 0 Å². The van der Waals surface area contributed by atoms with Crippen molar-refractivity contribution in [2.24, 2.45) is 0 Å². The lowest BCUT2D eigenvalue weighted by atomic mass is 9.78. The molecular formula is C30H32N2. The molecule has 0 aliphatic heterocycles. The summed E-state index contributed by atoms with van der Waals surface area (Å²) in [5.41, 5.74) is 4.38. The number of para-hydroxylation sites is 1. The van der Waals surface area contributed by atoms with Gasteiger partial charge in [0.15, 0.2) is 0 Å². The fourth-order valence-corrected chi connectivity index (χ4v) is 5.33. The third-order valence-corrected chi connectivity index (χ3v) is 7.00. The minimum absolute atomic E-state index is 0.793. The van der Waals surface area contributed by atoms with Crippen molar-refractivity contribution < 1.29 is 0 Å². The van der Waals surface area contributed by atoms with Crippen LogP contribution in [0.3, 0.4) is 0 Å². The van der Waals surface area contributed by atoms with E-state index < -0.39 is 0 Å². The topological polar surface area (TPSA) is 28.7 Å². The maximum absolute atomic E-state index is 3.88. The number of nitrogens with one attached hydrogen (secondary N) is 1. The highest BCUT2D eigenvalue weighted by molar-refractivity contribution is 6.08. The van der Waals surface area contributed by atoms with Gasteiger partial charge in [-0.3, -0.25) is 5.10 Å². The summed E-state index contributed by atoms with van der Waals surface area (Å²) in [6, 6.07) is 26.3. The number of aromatic amines is 1. The van der Waals surface area contributed by atoms with Crippen LogP contribution in [-0.4, -0.2) is 10.2 Å². The van der Waals surface area contributed by atoms with Crippen molar-refractivity contribution in [3.63, 3.8) is 0 Å². The second kappa shape index (κ2) is 9.56. The van der Waals surface area contributed by atoms with Gasteiger partial charge in [-0.15, -0.1) is 0 Å². The highest BCUT2D eigenvalue weighted by atomic mass is 15.1. The zero-order valence-corrected chi connectivity index (χ0v) is 19.0. The van der Waals surface area contributed by atoms with Crippen molar-refractivity contribution in [3.05, 3.63) is 90.1 Å². The summed E-state index contributed by atoms with van der Waals surface area (Å²) < 4.78 is 0. The lowest BCUT2D eigenvalue weighted by Gasteiger charge is -2.27. The molecule has 32 heavy (non-hydrogen) atoms. The van der Waals surface area contributed by atoms with Gasteiger partial charge in [0.1, 0.15) is 0 Å². The van der Waals surface area contributed by atoms with Crippen molar-refractivity contribution in [3.8, 4) is 0 Å². The fraction of sp³-hybridized carbons (Fsp3) is 0.300. The van der Waals surface area contributed by atoms with Gasteiger partial charge in [-0.1, -0.05) is 92.9 Å². The second-order valence-electron chi connectivity index (χ2n) is 9.06. The van der Waals surface area contributed by atoms with Crippen LogP contribution < -0.4 is 0 Å². The largest absolute Gasteiger partial charge is 0.278 e. The molecule has 1 atom stereocenters. The summed E-state index contributed by atoms with van der Waals surface area (Å²) in [5, 5.41) is 13.6. The standard InChI is InChI=1S/C23H26.C7H6N2/c1-2-3-4-8-17-10-7-12-21-20(17)15-16-22-19-11-6-5-9-18(19)13-14-23(21)22;1-2-4-7-6(3-1)5-8-9-7/h5-6,9,11,13-17H,2-4,7-8,10,12H2,1H3;1-5H,(H,8,9). The van der Waals surface area contributed by atoms with Crippen molar-refractivity contribution >= 4 is 32.4 Å². The molecule has 2 heteroatoms. The van der Waals surface area contributed by atoms with Crippen molar-refractivity contribution in [2.45, 2.75) is 57.8 Å². The fourth-order valence-electron chi connectivity index (χ4n) is 5.33. The maximum Gasteiger partial charge on any atom is 0.0650 e. The van der Waals surface area contributed by atoms with Crippen LogP contribution in [-0.2, 0) is 6.42 Å². The predicted octanol–water partition coefficient (Wildman–Crippen LogP) is 8.56. The monoisotopic (exact) mass is 420 g/mol. The number of H-pyrrole nitrogens is 1. The Labute approximate surface area is 190 Å². The Morgan fingerprint density at radius 1 is 0.812 bits per heavy atom. The molecule has 6 rings (SSSR count). The van der Waals surface area contributed by atoms with Gasteiger partial charge in [-0.2, -0.15) is 5.10 Å². The number of hydrogen-bond donors (Lipinski definition) is 1. The molecule has 162 valence electrons. The third kappa shape index (κ3) is 4.14. The van der Waals surface area contributed by atoms with Gasteiger partial charge < -0.3 is 0 Å². The molecular weight excluding hydrogens is 388 g/mol. The molecule has 2 nitrogen and oxygen atoms in total. The van der Waals surface area contributed by atoms with Gasteiger partial charge in [0.2, 0.25) is 0 Å². The van der Waals surface area contributed by atoms with Gasteiger partial charge in [-0.05, 0) is 70.3 Å². The normalized spacial score (nSPS) is 15.5. The lowest BCUT2D eigenvalue weighted by molar-refractivity contribution is 0.495. The smallest absolute Gasteiger partial charge is 0.0650 e. The molecule has 5 aromatic rings. The molecule has 0 saturated heterocycles. The summed E-state index contributed by atoms with van der Waals surface area (Å²) in [7, 11) is 0. The summed E-state index contributed by atoms with van der Waals surface area (Å²) in [4.78, 5) is 0. The van der Waals surface area contributed by atoms with Crippen molar-refractivity contribution in [2.75, 3.05) is 0 Å². The molecule has 0 bridgehead atoms. The average Bonchev–Trinajstić information content (AvgIpc) is 3.33. The zero-order chi connectivity index (χ0) is 21.8. The van der Waals surface area contributed by atoms with E-state index in [4.69, 9.17) is 0 Å². The Balaban J connectivity index is 0.000000199. The Kier molecular flexibility index (Phi) is 6.20. The van der Waals surface area contributed by atoms with Crippen LogP contribution in [0.5, 0.6) is 0 Å². The SMILES string of the molecule is CCCCCC1CCCc2c1ccc1c2ccc2ccccc21.c1ccc2[nH]ncc2c1. The number of unbranched alkanes of at least 4 members (excludes halogenated alkanes) is 2. The van der Waals surface area contributed by atoms with E-state index in [1.165, 1.54) is 66.5 Å². The number of benzene rings is 4. The maximum atomic E-state index is 3.88. The molecule has 0 spiro atoms. The minimum atomic E-state index is 0.793. The van der Waals surface area contributed by atoms with Gasteiger partial charge in [-0.25, -0.2) is 0 Å². The molecule has 1 N–H and O–H groups in total. The van der Waals surface area contributed by atoms with Crippen LogP contribution in [0.4, 0.5) is 0 Å². The summed E-state index contributed by atoms with van der Waals surface area (Å²) in [6.45, 7) is 2.30. The molecule has 0 amide bonds. The summed E-state index contributed by atoms with van der Waals surface area (Å²) >= 11 is 0. The van der Waals surface area contributed by atoms with Gasteiger partial charge in [0.25, 0.3) is 0 Å². The van der Waals surface area contributed by atoms with Crippen molar-refractivity contribution in [1.29, 1.82) is 0 Å². The van der Waals surface area contributed by atoms with Crippen LogP contribution in [0.1, 0.15) is 62.5 Å². The molecule has 1 aliphatic carbocycles. The predicted molar refractivity (Wildman–Crippen MR) is 137 cm³/mol. The first kappa shape index (κ1) is 20.8. The molecule has 1 unspecified atom stereocenters. The quantitative estimate of drug-likeness (QED) is 0.229. The number of nitrogens with zero attached hydrogens (tertiary/aromatic N) is 1. The Hall–Kier alpha value is -3.13. The third-order valence-electron chi connectivity index (χ3n) is 7.00. The first-order chi connectivity index (χ1) is 15.8. The molecule has 4 aromatic carbocycles. The molecule has 0 saturated carbocycles. The van der Waals surface area contributed by atoms with Gasteiger partial charge in [0, 0.05) is 5.39 Å². The average molecular weight is 421 g/mol. The summed E-state index contributed by atoms with van der Waals surface area (Å²) in [5.74, 6) is 0.793. The number of hydrogen-bond acceptors (Lipinski definition) is 1. The number of aryl methyl sites for hydroxylation is 1. The van der Waals surface area contributed by atoms with E-state index in [2.05, 4.69) is 65.7 Å². The molecule has 0 radical (unpaired) electrons. The minimum Gasteiger partial charge on any atom is -0.278 e. The van der Waals surface area contributed by atoms with E-state index in [1.807, 2.05) is 30.5 Å². The van der Waals surface area contributed by atoms with E-state index in [0.717, 1.165) is 16.8 Å². The molecule has 1 aliphatic rings. The Morgan fingerprint density at radius 3 is 2.50 bits per heavy atom. The van der Waals surface area contributed by atoms with E-state index in [9.17, 15) is 0 Å². The zero-order valence-electron chi connectivity index (χ0n) is 19.0. The Morgan fingerprint density at radius 2 is 1.62 bits per heavy atom. The highest BCUT2D eigenvalue weighted by Gasteiger charge is 2.21. The Bertz CT molecular complexity index is 1300. The first-order valence-electron chi connectivity index (χ1n) is 12.2. The van der Waals surface area contributed by atoms with E-state index in [-0.39, 0.29) is 0 Å². The van der Waals surface area contributed by atoms with E-state index >= 15 is 0 Å². The van der Waals surface area contributed by atoms with Crippen LogP contribution in [0.25, 0.3) is 32.4 Å². The first-order valence-corrected chi connectivity index (χ1v) is 12.2. The van der Waals surface area contributed by atoms with Gasteiger partial charge in [0.05, 0.1) is 11.7 Å². The lowest BCUT2D eigenvalue weighted by Crippen LogP contribution is -2.10. The van der Waals surface area contributed by atoms with Crippen LogP contribution in [0.15, 0.2) is 79.0 Å². The summed E-state index contributed by atoms with van der Waals surface area (Å²) in [6.07, 6.45) is 11.3.